The van der Waals surface area contributed by atoms with Crippen LogP contribution in [0.15, 0.2) is 41.0 Å². The van der Waals surface area contributed by atoms with E-state index in [9.17, 15) is 14.7 Å². The van der Waals surface area contributed by atoms with E-state index in [2.05, 4.69) is 16.7 Å². The van der Waals surface area contributed by atoms with Gasteiger partial charge in [-0.05, 0) is 56.4 Å². The van der Waals surface area contributed by atoms with Crippen LogP contribution < -0.4 is 15.3 Å². The third-order valence-electron chi connectivity index (χ3n) is 5.96. The third kappa shape index (κ3) is 4.72. The van der Waals surface area contributed by atoms with Gasteiger partial charge in [0.15, 0.2) is 5.84 Å². The fourth-order valence-corrected chi connectivity index (χ4v) is 4.11. The van der Waals surface area contributed by atoms with Gasteiger partial charge < -0.3 is 9.84 Å². The van der Waals surface area contributed by atoms with Crippen LogP contribution in [0.3, 0.4) is 0 Å². The Morgan fingerprint density at radius 3 is 2.58 bits per heavy atom. The van der Waals surface area contributed by atoms with E-state index >= 15 is 4.39 Å². The van der Waals surface area contributed by atoms with E-state index in [0.717, 1.165) is 5.56 Å². The number of nitrogens with zero attached hydrogens (tertiary/aromatic N) is 5. The summed E-state index contributed by atoms with van der Waals surface area (Å²) in [7, 11) is 3.00. The second-order valence-electron chi connectivity index (χ2n) is 8.36. The van der Waals surface area contributed by atoms with Crippen LogP contribution in [0.5, 0.6) is 5.88 Å². The Morgan fingerprint density at radius 1 is 1.33 bits per heavy atom. The molecule has 0 bridgehead atoms. The molecule has 0 aliphatic heterocycles. The van der Waals surface area contributed by atoms with Crippen molar-refractivity contribution in [3.05, 3.63) is 64.0 Å². The van der Waals surface area contributed by atoms with E-state index in [-0.39, 0.29) is 23.5 Å². The lowest BCUT2D eigenvalue weighted by Crippen LogP contribution is -2.34. The number of hydrogen-bond acceptors (Lipinski definition) is 7. The average Bonchev–Trinajstić information content (AvgIpc) is 2.85. The summed E-state index contributed by atoms with van der Waals surface area (Å²) >= 11 is 0. The number of benzene rings is 1. The van der Waals surface area contributed by atoms with Crippen molar-refractivity contribution in [2.75, 3.05) is 32.3 Å². The smallest absolute Gasteiger partial charge is 0.263 e. The first kappa shape index (κ1) is 26.6. The zero-order chi connectivity index (χ0) is 26.7. The van der Waals surface area contributed by atoms with Crippen LogP contribution in [0.4, 0.5) is 10.1 Å². The molecule has 190 valence electrons. The Bertz CT molecular complexity index is 1430. The van der Waals surface area contributed by atoms with E-state index in [0.29, 0.717) is 40.1 Å². The number of ether oxygens (including phenoxy) is 1. The number of carbonyl (C=O) groups is 1. The molecule has 0 aliphatic rings. The molecule has 9 nitrogen and oxygen atoms in total. The predicted octanol–water partition coefficient (Wildman–Crippen LogP) is 3.40. The first-order valence-electron chi connectivity index (χ1n) is 11.3. The monoisotopic (exact) mass is 495 g/mol. The number of carbonyl (C=O) groups excluding carboxylic acids is 1. The predicted molar refractivity (Wildman–Crippen MR) is 139 cm³/mol. The number of halogens is 1. The highest BCUT2D eigenvalue weighted by atomic mass is 19.1. The molecule has 36 heavy (non-hydrogen) atoms. The third-order valence-corrected chi connectivity index (χ3v) is 5.96. The van der Waals surface area contributed by atoms with Gasteiger partial charge in [-0.3, -0.25) is 24.1 Å². The number of aromatic nitrogens is 2. The van der Waals surface area contributed by atoms with Gasteiger partial charge in [-0.1, -0.05) is 6.58 Å². The molecule has 0 saturated carbocycles. The molecule has 10 heteroatoms. The molecule has 1 N–H and O–H groups in total. The summed E-state index contributed by atoms with van der Waals surface area (Å²) in [5.74, 6) is -0.247. The molecule has 0 unspecified atom stereocenters. The number of fused-ring (bicyclic) bond motifs is 1. The van der Waals surface area contributed by atoms with Gasteiger partial charge in [0.2, 0.25) is 12.3 Å². The van der Waals surface area contributed by atoms with Gasteiger partial charge in [-0.2, -0.15) is 5.10 Å². The van der Waals surface area contributed by atoms with Crippen LogP contribution in [-0.2, 0) is 4.79 Å². The molecule has 3 aromatic rings. The first-order chi connectivity index (χ1) is 17.1. The summed E-state index contributed by atoms with van der Waals surface area (Å²) < 4.78 is 22.2. The maximum Gasteiger partial charge on any atom is 0.263 e. The summed E-state index contributed by atoms with van der Waals surface area (Å²) in [5, 5.41) is 15.7. The van der Waals surface area contributed by atoms with Crippen LogP contribution in [-0.4, -0.2) is 59.1 Å². The Hall–Kier alpha value is -4.05. The molecular weight excluding hydrogens is 465 g/mol. The number of hydrazone groups is 1. The summed E-state index contributed by atoms with van der Waals surface area (Å²) in [6.07, 6.45) is 3.84. The van der Waals surface area contributed by atoms with Crippen molar-refractivity contribution in [3.63, 3.8) is 0 Å². The van der Waals surface area contributed by atoms with Crippen molar-refractivity contribution >= 4 is 34.3 Å². The molecule has 0 spiro atoms. The highest BCUT2D eigenvalue weighted by Crippen LogP contribution is 2.31. The van der Waals surface area contributed by atoms with Crippen LogP contribution in [0.25, 0.3) is 22.0 Å². The quantitative estimate of drug-likeness (QED) is 0.223. The van der Waals surface area contributed by atoms with Crippen molar-refractivity contribution in [2.45, 2.75) is 27.7 Å². The molecule has 2 aromatic heterocycles. The zero-order valence-corrected chi connectivity index (χ0v) is 21.3. The molecule has 3 rings (SSSR count). The number of methoxy groups -OCH3 is 1. The topological polar surface area (TPSA) is 100 Å². The highest BCUT2D eigenvalue weighted by Gasteiger charge is 2.20. The van der Waals surface area contributed by atoms with Crippen LogP contribution in [0.2, 0.25) is 0 Å². The lowest BCUT2D eigenvalue weighted by molar-refractivity contribution is -0.114. The number of anilines is 1. The Balaban J connectivity index is 2.31. The second-order valence-corrected chi connectivity index (χ2v) is 8.36. The molecule has 0 radical (unpaired) electrons. The molecule has 0 atom stereocenters. The second kappa shape index (κ2) is 10.7. The lowest BCUT2D eigenvalue weighted by Gasteiger charge is -2.22. The summed E-state index contributed by atoms with van der Waals surface area (Å²) in [6.45, 7) is 11.0. The maximum atomic E-state index is 15.4. The summed E-state index contributed by atoms with van der Waals surface area (Å²) in [6, 6.07) is 2.68. The number of allylic oxidation sites excluding steroid dienone is 1. The Labute approximate surface area is 208 Å². The minimum absolute atomic E-state index is 0.0580. The number of hydrogen-bond donors (Lipinski definition) is 1. The molecule has 0 saturated heterocycles. The summed E-state index contributed by atoms with van der Waals surface area (Å²) in [5.41, 5.74) is 2.98. The lowest BCUT2D eigenvalue weighted by atomic mass is 10.0. The van der Waals surface area contributed by atoms with Crippen LogP contribution in [0.1, 0.15) is 30.5 Å². The van der Waals surface area contributed by atoms with E-state index in [1.165, 1.54) is 40.8 Å². The molecular formula is C26H30FN5O4. The SMILES string of the molecule is C=C(C)c1cn(-c2c(C)cnc(OC)c2C)c(=O)c2cc(F)c(N(C)/N=C(/CO)N(C=O)CC)cc12. The molecule has 1 amide bonds. The number of likely N-dealkylation sites (N-methyl/N-ethyl adjacent to an activating group) is 1. The van der Waals surface area contributed by atoms with E-state index in [1.807, 2.05) is 6.92 Å². The van der Waals surface area contributed by atoms with E-state index in [4.69, 9.17) is 4.74 Å². The number of amidine groups is 1. The van der Waals surface area contributed by atoms with Gasteiger partial charge in [0.1, 0.15) is 12.4 Å². The van der Waals surface area contributed by atoms with Gasteiger partial charge in [0.05, 0.1) is 23.9 Å². The normalized spacial score (nSPS) is 11.5. The number of amides is 1. The standard InChI is InChI=1S/C26H30FN5O4/c1-8-31(14-34)23(13-33)29-30(6)22-10-18-19(9-21(22)27)26(35)32(12-20(18)15(2)3)24-16(4)11-28-25(36-7)17(24)5/h9-12,14,33H,2,8,13H2,1,3-7H3/b29-23-. The average molecular weight is 496 g/mol. The van der Waals surface area contributed by atoms with Gasteiger partial charge >= 0.3 is 0 Å². The first-order valence-corrected chi connectivity index (χ1v) is 11.3. The van der Waals surface area contributed by atoms with Crippen molar-refractivity contribution in [1.29, 1.82) is 0 Å². The molecule has 0 fully saturated rings. The molecule has 1 aromatic carbocycles. The van der Waals surface area contributed by atoms with Crippen molar-refractivity contribution in [2.24, 2.45) is 5.10 Å². The Kier molecular flexibility index (Phi) is 7.89. The van der Waals surface area contributed by atoms with Gasteiger partial charge in [-0.25, -0.2) is 9.37 Å². The number of pyridine rings is 2. The van der Waals surface area contributed by atoms with Crippen molar-refractivity contribution in [1.82, 2.24) is 14.5 Å². The van der Waals surface area contributed by atoms with Gasteiger partial charge in [-0.15, -0.1) is 0 Å². The number of aliphatic hydroxyl groups excluding tert-OH is 1. The van der Waals surface area contributed by atoms with Gasteiger partial charge in [0, 0.05) is 37.1 Å². The molecule has 2 heterocycles. The number of aliphatic hydroxyl groups is 1. The fraction of sp³-hybridized carbons (Fsp3) is 0.308. The van der Waals surface area contributed by atoms with Crippen LogP contribution in [0, 0.1) is 19.7 Å². The largest absolute Gasteiger partial charge is 0.481 e. The van der Waals surface area contributed by atoms with Crippen LogP contribution >= 0.6 is 0 Å². The zero-order valence-electron chi connectivity index (χ0n) is 21.3. The minimum Gasteiger partial charge on any atom is -0.481 e. The maximum absolute atomic E-state index is 15.4. The summed E-state index contributed by atoms with van der Waals surface area (Å²) in [4.78, 5) is 30.4. The van der Waals surface area contributed by atoms with E-state index in [1.54, 1.807) is 33.2 Å². The van der Waals surface area contributed by atoms with Crippen molar-refractivity contribution < 1.29 is 19.0 Å². The van der Waals surface area contributed by atoms with E-state index < -0.39 is 18.0 Å². The fourth-order valence-electron chi connectivity index (χ4n) is 4.11. The number of aryl methyl sites for hydroxylation is 1. The number of rotatable bonds is 8. The highest BCUT2D eigenvalue weighted by molar-refractivity contribution is 5.96. The molecule has 0 aliphatic carbocycles. The Morgan fingerprint density at radius 2 is 2.03 bits per heavy atom. The van der Waals surface area contributed by atoms with Crippen molar-refractivity contribution in [3.8, 4) is 11.6 Å². The van der Waals surface area contributed by atoms with Gasteiger partial charge in [0.25, 0.3) is 5.56 Å². The minimum atomic E-state index is -0.691.